The molecule has 0 N–H and O–H groups in total. The zero-order valence-electron chi connectivity index (χ0n) is 7.06. The van der Waals surface area contributed by atoms with Gasteiger partial charge < -0.3 is 0 Å². The van der Waals surface area contributed by atoms with Crippen LogP contribution in [0, 0.1) is 3.70 Å². The highest BCUT2D eigenvalue weighted by Gasteiger charge is 2.01. The summed E-state index contributed by atoms with van der Waals surface area (Å²) in [6, 6.07) is 3.48. The molecule has 2 aromatic heterocycles. The normalized spacial score (nSPS) is 10.4. The molecular weight excluding hydrogens is 298 g/mol. The molecule has 2 rings (SSSR count). The Bertz CT molecular complexity index is 442. The predicted molar refractivity (Wildman–Crippen MR) is 56.7 cm³/mol. The van der Waals surface area contributed by atoms with Crippen molar-refractivity contribution in [1.29, 1.82) is 0 Å². The smallest absolute Gasteiger partial charge is 0.133 e. The minimum Gasteiger partial charge on any atom is -0.244 e. The van der Waals surface area contributed by atoms with Crippen LogP contribution in [0.2, 0.25) is 0 Å². The fraction of sp³-hybridized carbons (Fsp3) is 0.125. The van der Waals surface area contributed by atoms with Gasteiger partial charge in [0.1, 0.15) is 10.4 Å². The first-order chi connectivity index (χ1) is 6.79. The van der Waals surface area contributed by atoms with Crippen LogP contribution in [0.5, 0.6) is 0 Å². The average molecular weight is 304 g/mol. The third-order valence-electron chi connectivity index (χ3n) is 1.65. The minimum absolute atomic E-state index is 0.313. The second-order valence-corrected chi connectivity index (χ2v) is 3.73. The van der Waals surface area contributed by atoms with E-state index in [2.05, 4.69) is 37.9 Å². The van der Waals surface area contributed by atoms with E-state index in [0.29, 0.717) is 5.69 Å². The molecule has 0 saturated carbocycles. The summed E-state index contributed by atoms with van der Waals surface area (Å²) in [4.78, 5) is 0. The Kier molecular flexibility index (Phi) is 2.71. The predicted octanol–water partition coefficient (Wildman–Crippen LogP) is 1.74. The van der Waals surface area contributed by atoms with Gasteiger partial charge in [-0.2, -0.15) is 15.3 Å². The first-order valence-electron chi connectivity index (χ1n) is 3.89. The molecule has 14 heavy (non-hydrogen) atoms. The third-order valence-corrected chi connectivity index (χ3v) is 2.22. The average Bonchev–Trinajstić information content (AvgIpc) is 2.65. The highest BCUT2D eigenvalue weighted by Crippen LogP contribution is 2.08. The summed E-state index contributed by atoms with van der Waals surface area (Å²) in [6.07, 6.45) is 3.34. The third kappa shape index (κ3) is 1.89. The molecular formula is C8H6FIN4. The van der Waals surface area contributed by atoms with Crippen LogP contribution in [0.1, 0.15) is 5.69 Å². The van der Waals surface area contributed by atoms with Crippen molar-refractivity contribution in [3.8, 4) is 5.69 Å². The summed E-state index contributed by atoms with van der Waals surface area (Å²) in [5.74, 6) is 0. The lowest BCUT2D eigenvalue weighted by atomic mass is 10.4. The lowest BCUT2D eigenvalue weighted by Crippen LogP contribution is -1.99. The van der Waals surface area contributed by atoms with Crippen molar-refractivity contribution in [2.45, 2.75) is 6.67 Å². The molecule has 0 aliphatic carbocycles. The Balaban J connectivity index is 2.41. The molecule has 72 valence electrons. The maximum atomic E-state index is 12.3. The Morgan fingerprint density at radius 1 is 1.50 bits per heavy atom. The summed E-state index contributed by atoms with van der Waals surface area (Å²) in [6.45, 7) is -0.612. The van der Waals surface area contributed by atoms with Gasteiger partial charge in [0.15, 0.2) is 0 Å². The molecule has 0 bridgehead atoms. The summed E-state index contributed by atoms with van der Waals surface area (Å²) in [5, 5.41) is 11.5. The van der Waals surface area contributed by atoms with Crippen LogP contribution >= 0.6 is 22.6 Å². The molecule has 0 amide bonds. The summed E-state index contributed by atoms with van der Waals surface area (Å²) >= 11 is 2.10. The number of hydrogen-bond donors (Lipinski definition) is 0. The van der Waals surface area contributed by atoms with E-state index in [4.69, 9.17) is 0 Å². The van der Waals surface area contributed by atoms with E-state index in [9.17, 15) is 4.39 Å². The molecule has 2 aromatic rings. The second kappa shape index (κ2) is 3.99. The molecule has 0 aromatic carbocycles. The molecule has 0 radical (unpaired) electrons. The van der Waals surface area contributed by atoms with Crippen molar-refractivity contribution >= 4 is 22.6 Å². The van der Waals surface area contributed by atoms with Gasteiger partial charge in [0.2, 0.25) is 0 Å². The van der Waals surface area contributed by atoms with Gasteiger partial charge in [-0.15, -0.1) is 0 Å². The van der Waals surface area contributed by atoms with E-state index in [-0.39, 0.29) is 0 Å². The quantitative estimate of drug-likeness (QED) is 0.794. The highest BCUT2D eigenvalue weighted by atomic mass is 127. The molecule has 0 unspecified atom stereocenters. The zero-order chi connectivity index (χ0) is 9.97. The van der Waals surface area contributed by atoms with E-state index in [1.807, 2.05) is 6.07 Å². The Labute approximate surface area is 93.3 Å². The van der Waals surface area contributed by atoms with Crippen molar-refractivity contribution in [1.82, 2.24) is 20.0 Å². The number of aromatic nitrogens is 4. The van der Waals surface area contributed by atoms with E-state index in [1.54, 1.807) is 23.1 Å². The molecule has 4 nitrogen and oxygen atoms in total. The Morgan fingerprint density at radius 3 is 3.00 bits per heavy atom. The summed E-state index contributed by atoms with van der Waals surface area (Å²) in [5.41, 5.74) is 1.03. The zero-order valence-corrected chi connectivity index (χ0v) is 9.22. The van der Waals surface area contributed by atoms with Crippen LogP contribution in [-0.4, -0.2) is 20.0 Å². The van der Waals surface area contributed by atoms with Gasteiger partial charge in [-0.05, 0) is 34.7 Å². The Morgan fingerprint density at radius 2 is 2.36 bits per heavy atom. The van der Waals surface area contributed by atoms with Crippen LogP contribution in [0.3, 0.4) is 0 Å². The molecule has 0 aliphatic rings. The first-order valence-corrected chi connectivity index (χ1v) is 4.96. The van der Waals surface area contributed by atoms with Gasteiger partial charge in [0, 0.05) is 6.20 Å². The van der Waals surface area contributed by atoms with E-state index in [1.165, 1.54) is 0 Å². The van der Waals surface area contributed by atoms with Crippen molar-refractivity contribution in [2.24, 2.45) is 0 Å². The molecule has 0 saturated heterocycles. The van der Waals surface area contributed by atoms with Crippen LogP contribution in [0.4, 0.5) is 4.39 Å². The molecule has 0 spiro atoms. The summed E-state index contributed by atoms with van der Waals surface area (Å²) < 4.78 is 14.8. The van der Waals surface area contributed by atoms with Crippen LogP contribution in [0.15, 0.2) is 24.5 Å². The maximum absolute atomic E-state index is 12.3. The van der Waals surface area contributed by atoms with Crippen molar-refractivity contribution in [2.75, 3.05) is 0 Å². The van der Waals surface area contributed by atoms with E-state index in [0.717, 1.165) is 9.39 Å². The molecule has 6 heteroatoms. The Hall–Kier alpha value is -1.05. The maximum Gasteiger partial charge on any atom is 0.133 e. The lowest BCUT2D eigenvalue weighted by molar-refractivity contribution is 0.471. The first kappa shape index (κ1) is 9.50. The van der Waals surface area contributed by atoms with Crippen molar-refractivity contribution < 1.29 is 4.39 Å². The van der Waals surface area contributed by atoms with E-state index < -0.39 is 6.67 Å². The largest absolute Gasteiger partial charge is 0.244 e. The fourth-order valence-corrected chi connectivity index (χ4v) is 1.43. The van der Waals surface area contributed by atoms with Crippen LogP contribution in [0.25, 0.3) is 5.69 Å². The number of alkyl halides is 1. The molecule has 0 fully saturated rings. The fourth-order valence-electron chi connectivity index (χ4n) is 1.04. The molecule has 2 heterocycles. The monoisotopic (exact) mass is 304 g/mol. The standard InChI is InChI=1S/C8H6FIN4/c9-4-6-3-7(5-11-12-6)14-2-1-8(10)13-14/h1-3,5H,4H2. The topological polar surface area (TPSA) is 43.6 Å². The number of hydrogen-bond acceptors (Lipinski definition) is 3. The van der Waals surface area contributed by atoms with Gasteiger partial charge in [0.25, 0.3) is 0 Å². The van der Waals surface area contributed by atoms with Gasteiger partial charge in [-0.3, -0.25) is 0 Å². The molecule has 0 atom stereocenters. The summed E-state index contributed by atoms with van der Waals surface area (Å²) in [7, 11) is 0. The van der Waals surface area contributed by atoms with E-state index >= 15 is 0 Å². The van der Waals surface area contributed by atoms with Crippen molar-refractivity contribution in [3.05, 3.63) is 33.9 Å². The van der Waals surface area contributed by atoms with Crippen LogP contribution < -0.4 is 0 Å². The second-order valence-electron chi connectivity index (χ2n) is 2.62. The highest BCUT2D eigenvalue weighted by molar-refractivity contribution is 14.1. The number of nitrogens with zero attached hydrogens (tertiary/aromatic N) is 4. The van der Waals surface area contributed by atoms with Gasteiger partial charge >= 0.3 is 0 Å². The number of halogens is 2. The van der Waals surface area contributed by atoms with Gasteiger partial charge in [0.05, 0.1) is 17.6 Å². The van der Waals surface area contributed by atoms with Crippen LogP contribution in [-0.2, 0) is 6.67 Å². The number of rotatable bonds is 2. The SMILES string of the molecule is FCc1cc(-n2ccc(I)n2)cnn1. The van der Waals surface area contributed by atoms with Crippen molar-refractivity contribution in [3.63, 3.8) is 0 Å². The van der Waals surface area contributed by atoms with Gasteiger partial charge in [-0.25, -0.2) is 9.07 Å². The van der Waals surface area contributed by atoms with Gasteiger partial charge in [-0.1, -0.05) is 0 Å². The minimum atomic E-state index is -0.612. The lowest BCUT2D eigenvalue weighted by Gasteiger charge is -2.00. The molecule has 0 aliphatic heterocycles.